The van der Waals surface area contributed by atoms with E-state index in [2.05, 4.69) is 20.6 Å². The number of para-hydroxylation sites is 2. The van der Waals surface area contributed by atoms with Crippen LogP contribution in [0.2, 0.25) is 0 Å². The van der Waals surface area contributed by atoms with Crippen molar-refractivity contribution >= 4 is 28.6 Å². The van der Waals surface area contributed by atoms with Gasteiger partial charge in [0.05, 0.1) is 18.2 Å². The summed E-state index contributed by atoms with van der Waals surface area (Å²) in [7, 11) is 1.53. The average Bonchev–Trinajstić information content (AvgIpc) is 2.62. The van der Waals surface area contributed by atoms with Crippen LogP contribution in [0.15, 0.2) is 48.5 Å². The summed E-state index contributed by atoms with van der Waals surface area (Å²) in [5.41, 5.74) is 1.19. The Morgan fingerprint density at radius 3 is 2.62 bits per heavy atom. The minimum absolute atomic E-state index is 0.251. The van der Waals surface area contributed by atoms with Crippen molar-refractivity contribution in [3.63, 3.8) is 0 Å². The van der Waals surface area contributed by atoms with Crippen LogP contribution in [0.1, 0.15) is 17.3 Å². The second-order valence-electron chi connectivity index (χ2n) is 5.10. The van der Waals surface area contributed by atoms with Gasteiger partial charge in [-0.2, -0.15) is 4.98 Å². The number of nitrogens with zero attached hydrogens (tertiary/aromatic N) is 2. The van der Waals surface area contributed by atoms with Gasteiger partial charge >= 0.3 is 0 Å². The van der Waals surface area contributed by atoms with Crippen LogP contribution in [0.4, 0.5) is 11.8 Å². The minimum atomic E-state index is -0.315. The first-order chi connectivity index (χ1) is 11.7. The van der Waals surface area contributed by atoms with Gasteiger partial charge < -0.3 is 10.1 Å². The molecule has 122 valence electrons. The number of benzene rings is 2. The monoisotopic (exact) mass is 322 g/mol. The van der Waals surface area contributed by atoms with Crippen molar-refractivity contribution in [2.75, 3.05) is 24.3 Å². The zero-order chi connectivity index (χ0) is 16.9. The molecule has 0 spiro atoms. The molecule has 24 heavy (non-hydrogen) atoms. The molecule has 1 aromatic heterocycles. The maximum absolute atomic E-state index is 12.5. The standard InChI is InChI=1S/C18H18N4O2/c1-3-19-16-12-8-4-6-10-14(12)20-18(21-16)22-17(23)13-9-5-7-11-15(13)24-2/h4-11H,3H2,1-2H3,(H2,19,20,21,22,23). The lowest BCUT2D eigenvalue weighted by molar-refractivity contribution is 0.102. The van der Waals surface area contributed by atoms with Crippen LogP contribution in [0.3, 0.4) is 0 Å². The van der Waals surface area contributed by atoms with E-state index in [-0.39, 0.29) is 11.9 Å². The lowest BCUT2D eigenvalue weighted by atomic mass is 10.2. The Hall–Kier alpha value is -3.15. The zero-order valence-corrected chi connectivity index (χ0v) is 13.5. The predicted octanol–water partition coefficient (Wildman–Crippen LogP) is 3.32. The number of fused-ring (bicyclic) bond motifs is 1. The van der Waals surface area contributed by atoms with Crippen LogP contribution in [0.25, 0.3) is 10.9 Å². The van der Waals surface area contributed by atoms with Crippen LogP contribution in [-0.4, -0.2) is 29.5 Å². The Balaban J connectivity index is 1.96. The number of anilines is 2. The van der Waals surface area contributed by atoms with Gasteiger partial charge in [-0.3, -0.25) is 10.1 Å². The molecule has 3 rings (SSSR count). The lowest BCUT2D eigenvalue weighted by Crippen LogP contribution is -2.16. The number of rotatable bonds is 5. The van der Waals surface area contributed by atoms with Crippen LogP contribution >= 0.6 is 0 Å². The fraction of sp³-hybridized carbons (Fsp3) is 0.167. The molecule has 0 saturated carbocycles. The van der Waals surface area contributed by atoms with Gasteiger partial charge in [-0.05, 0) is 31.2 Å². The van der Waals surface area contributed by atoms with E-state index < -0.39 is 0 Å². The molecule has 2 N–H and O–H groups in total. The normalized spacial score (nSPS) is 10.4. The van der Waals surface area contributed by atoms with E-state index in [1.807, 2.05) is 37.3 Å². The van der Waals surface area contributed by atoms with E-state index >= 15 is 0 Å². The molecule has 0 atom stereocenters. The Morgan fingerprint density at radius 2 is 1.83 bits per heavy atom. The highest BCUT2D eigenvalue weighted by molar-refractivity contribution is 6.06. The van der Waals surface area contributed by atoms with Crippen molar-refractivity contribution < 1.29 is 9.53 Å². The number of hydrogen-bond acceptors (Lipinski definition) is 5. The van der Waals surface area contributed by atoms with Gasteiger partial charge in [-0.1, -0.05) is 24.3 Å². The molecule has 0 unspecified atom stereocenters. The Morgan fingerprint density at radius 1 is 1.08 bits per heavy atom. The van der Waals surface area contributed by atoms with E-state index in [1.54, 1.807) is 18.2 Å². The largest absolute Gasteiger partial charge is 0.496 e. The van der Waals surface area contributed by atoms with E-state index in [0.29, 0.717) is 17.1 Å². The summed E-state index contributed by atoms with van der Waals surface area (Å²) in [4.78, 5) is 21.3. The van der Waals surface area contributed by atoms with E-state index in [9.17, 15) is 4.79 Å². The summed E-state index contributed by atoms with van der Waals surface area (Å²) in [5, 5.41) is 6.85. The fourth-order valence-corrected chi connectivity index (χ4v) is 2.44. The van der Waals surface area contributed by atoms with Crippen LogP contribution in [0, 0.1) is 0 Å². The van der Waals surface area contributed by atoms with E-state index in [4.69, 9.17) is 4.74 Å². The van der Waals surface area contributed by atoms with E-state index in [0.717, 1.165) is 17.4 Å². The molecule has 0 fully saturated rings. The SMILES string of the molecule is CCNc1nc(NC(=O)c2ccccc2OC)nc2ccccc12. The summed E-state index contributed by atoms with van der Waals surface area (Å²) < 4.78 is 5.22. The smallest absolute Gasteiger partial charge is 0.261 e. The van der Waals surface area contributed by atoms with Crippen LogP contribution in [-0.2, 0) is 0 Å². The van der Waals surface area contributed by atoms with Crippen LogP contribution < -0.4 is 15.4 Å². The van der Waals surface area contributed by atoms with Gasteiger partial charge in [-0.15, -0.1) is 0 Å². The van der Waals surface area contributed by atoms with Gasteiger partial charge in [0.2, 0.25) is 5.95 Å². The highest BCUT2D eigenvalue weighted by atomic mass is 16.5. The Labute approximate surface area is 139 Å². The number of ether oxygens (including phenoxy) is 1. The first kappa shape index (κ1) is 15.7. The maximum Gasteiger partial charge on any atom is 0.261 e. The maximum atomic E-state index is 12.5. The third-order valence-corrected chi connectivity index (χ3v) is 3.52. The first-order valence-electron chi connectivity index (χ1n) is 7.68. The minimum Gasteiger partial charge on any atom is -0.496 e. The second-order valence-corrected chi connectivity index (χ2v) is 5.10. The third kappa shape index (κ3) is 3.12. The summed E-state index contributed by atoms with van der Waals surface area (Å²) >= 11 is 0. The second kappa shape index (κ2) is 6.95. The number of aromatic nitrogens is 2. The van der Waals surface area contributed by atoms with Crippen molar-refractivity contribution in [2.24, 2.45) is 0 Å². The molecule has 0 aliphatic rings. The fourth-order valence-electron chi connectivity index (χ4n) is 2.44. The molecule has 2 aromatic carbocycles. The van der Waals surface area contributed by atoms with Gasteiger partial charge in [0, 0.05) is 11.9 Å². The molecular weight excluding hydrogens is 304 g/mol. The molecule has 0 aliphatic carbocycles. The highest BCUT2D eigenvalue weighted by Crippen LogP contribution is 2.23. The number of amides is 1. The number of carbonyl (C=O) groups excluding carboxylic acids is 1. The Kier molecular flexibility index (Phi) is 4.56. The number of hydrogen-bond donors (Lipinski definition) is 2. The average molecular weight is 322 g/mol. The first-order valence-corrected chi connectivity index (χ1v) is 7.68. The van der Waals surface area contributed by atoms with Crippen molar-refractivity contribution in [1.82, 2.24) is 9.97 Å². The summed E-state index contributed by atoms with van der Waals surface area (Å²) in [5.74, 6) is 1.13. The molecule has 0 aliphatic heterocycles. The summed E-state index contributed by atoms with van der Waals surface area (Å²) in [6, 6.07) is 14.7. The molecule has 3 aromatic rings. The molecule has 0 saturated heterocycles. The number of nitrogens with one attached hydrogen (secondary N) is 2. The molecular formula is C18H18N4O2. The third-order valence-electron chi connectivity index (χ3n) is 3.52. The molecule has 0 bridgehead atoms. The topological polar surface area (TPSA) is 76.1 Å². The molecule has 6 heteroatoms. The van der Waals surface area contributed by atoms with Gasteiger partial charge in [0.1, 0.15) is 11.6 Å². The van der Waals surface area contributed by atoms with Gasteiger partial charge in [0.15, 0.2) is 0 Å². The summed E-state index contributed by atoms with van der Waals surface area (Å²) in [6.07, 6.45) is 0. The van der Waals surface area contributed by atoms with Gasteiger partial charge in [0.25, 0.3) is 5.91 Å². The van der Waals surface area contributed by atoms with E-state index in [1.165, 1.54) is 7.11 Å². The van der Waals surface area contributed by atoms with Crippen molar-refractivity contribution in [3.8, 4) is 5.75 Å². The quantitative estimate of drug-likeness (QED) is 0.753. The molecule has 0 radical (unpaired) electrons. The Bertz CT molecular complexity index is 880. The molecule has 1 heterocycles. The van der Waals surface area contributed by atoms with Crippen molar-refractivity contribution in [3.05, 3.63) is 54.1 Å². The van der Waals surface area contributed by atoms with Crippen molar-refractivity contribution in [2.45, 2.75) is 6.92 Å². The number of methoxy groups -OCH3 is 1. The molecule has 1 amide bonds. The zero-order valence-electron chi connectivity index (χ0n) is 13.5. The van der Waals surface area contributed by atoms with Crippen molar-refractivity contribution in [1.29, 1.82) is 0 Å². The summed E-state index contributed by atoms with van der Waals surface area (Å²) in [6.45, 7) is 2.71. The van der Waals surface area contributed by atoms with Crippen LogP contribution in [0.5, 0.6) is 5.75 Å². The predicted molar refractivity (Wildman–Crippen MR) is 94.6 cm³/mol. The van der Waals surface area contributed by atoms with Gasteiger partial charge in [-0.25, -0.2) is 4.98 Å². The molecule has 6 nitrogen and oxygen atoms in total. The highest BCUT2D eigenvalue weighted by Gasteiger charge is 2.14. The lowest BCUT2D eigenvalue weighted by Gasteiger charge is -2.11. The number of carbonyl (C=O) groups is 1.